The molecule has 0 aliphatic rings. The van der Waals surface area contributed by atoms with Gasteiger partial charge in [0, 0.05) is 26.1 Å². The topological polar surface area (TPSA) is 65.9 Å². The number of ether oxygens (including phenoxy) is 1. The summed E-state index contributed by atoms with van der Waals surface area (Å²) in [7, 11) is 1.75. The van der Waals surface area contributed by atoms with Crippen LogP contribution in [0, 0.1) is 0 Å². The standard InChI is InChI=1S/C21H29N3O2.HI/c1-3-26-20-12-8-7-11-18(20)13-14-23-21(22-2)24-15-19(16-25)17-9-5-4-6-10-17;/h4-12,19,25H,3,13-16H2,1-2H3,(H2,22,23,24);1H. The number of benzene rings is 2. The summed E-state index contributed by atoms with van der Waals surface area (Å²) in [6.07, 6.45) is 0.846. The Morgan fingerprint density at radius 2 is 1.78 bits per heavy atom. The lowest BCUT2D eigenvalue weighted by Gasteiger charge is -2.18. The van der Waals surface area contributed by atoms with E-state index in [0.717, 1.165) is 30.2 Å². The lowest BCUT2D eigenvalue weighted by atomic mass is 10.0. The second kappa shape index (κ2) is 13.4. The lowest BCUT2D eigenvalue weighted by Crippen LogP contribution is -2.40. The number of aliphatic hydroxyl groups is 1. The highest BCUT2D eigenvalue weighted by Gasteiger charge is 2.11. The van der Waals surface area contributed by atoms with Gasteiger partial charge in [-0.1, -0.05) is 48.5 Å². The molecule has 0 saturated carbocycles. The molecule has 1 atom stereocenters. The van der Waals surface area contributed by atoms with Gasteiger partial charge in [-0.25, -0.2) is 0 Å². The summed E-state index contributed by atoms with van der Waals surface area (Å²) in [6, 6.07) is 18.1. The van der Waals surface area contributed by atoms with Crippen LogP contribution in [0.4, 0.5) is 0 Å². The average Bonchev–Trinajstić information content (AvgIpc) is 2.69. The van der Waals surface area contributed by atoms with Crippen molar-refractivity contribution in [1.82, 2.24) is 10.6 Å². The molecule has 2 rings (SSSR count). The number of nitrogens with zero attached hydrogens (tertiary/aromatic N) is 1. The molecule has 6 heteroatoms. The van der Waals surface area contributed by atoms with Crippen molar-refractivity contribution < 1.29 is 9.84 Å². The molecule has 2 aromatic carbocycles. The maximum absolute atomic E-state index is 9.66. The van der Waals surface area contributed by atoms with Crippen LogP contribution in [-0.2, 0) is 6.42 Å². The summed E-state index contributed by atoms with van der Waals surface area (Å²) < 4.78 is 5.66. The van der Waals surface area contributed by atoms with Crippen molar-refractivity contribution in [2.24, 2.45) is 4.99 Å². The second-order valence-corrected chi connectivity index (χ2v) is 5.96. The molecule has 0 spiro atoms. The van der Waals surface area contributed by atoms with Gasteiger partial charge in [0.05, 0.1) is 13.2 Å². The highest BCUT2D eigenvalue weighted by atomic mass is 127. The van der Waals surface area contributed by atoms with Gasteiger partial charge in [0.1, 0.15) is 5.75 Å². The third kappa shape index (κ3) is 7.76. The highest BCUT2D eigenvalue weighted by Crippen LogP contribution is 2.18. The van der Waals surface area contributed by atoms with E-state index in [2.05, 4.69) is 21.7 Å². The molecule has 0 amide bonds. The van der Waals surface area contributed by atoms with Gasteiger partial charge in [0.2, 0.25) is 0 Å². The molecule has 0 bridgehead atoms. The molecule has 148 valence electrons. The third-order valence-corrected chi connectivity index (χ3v) is 4.19. The number of para-hydroxylation sites is 1. The van der Waals surface area contributed by atoms with Gasteiger partial charge in [0.25, 0.3) is 0 Å². The van der Waals surface area contributed by atoms with Gasteiger partial charge in [-0.2, -0.15) is 0 Å². The first kappa shape index (κ1) is 23.2. The van der Waals surface area contributed by atoms with Crippen molar-refractivity contribution in [3.63, 3.8) is 0 Å². The molecule has 2 aromatic rings. The largest absolute Gasteiger partial charge is 0.494 e. The molecule has 0 radical (unpaired) electrons. The smallest absolute Gasteiger partial charge is 0.191 e. The van der Waals surface area contributed by atoms with Crippen LogP contribution in [0.5, 0.6) is 5.75 Å². The van der Waals surface area contributed by atoms with E-state index in [1.807, 2.05) is 55.5 Å². The van der Waals surface area contributed by atoms with E-state index in [9.17, 15) is 5.11 Å². The Balaban J connectivity index is 0.00000364. The van der Waals surface area contributed by atoms with Crippen LogP contribution in [0.25, 0.3) is 0 Å². The first-order valence-corrected chi connectivity index (χ1v) is 9.09. The zero-order valence-electron chi connectivity index (χ0n) is 16.0. The summed E-state index contributed by atoms with van der Waals surface area (Å²) >= 11 is 0. The summed E-state index contributed by atoms with van der Waals surface area (Å²) in [5.74, 6) is 1.70. The fraction of sp³-hybridized carbons (Fsp3) is 0.381. The van der Waals surface area contributed by atoms with Gasteiger partial charge in [-0.15, -0.1) is 24.0 Å². The normalized spacial score (nSPS) is 12.0. The third-order valence-electron chi connectivity index (χ3n) is 4.19. The summed E-state index contributed by atoms with van der Waals surface area (Å²) in [4.78, 5) is 4.26. The van der Waals surface area contributed by atoms with Crippen LogP contribution >= 0.6 is 24.0 Å². The Morgan fingerprint density at radius 3 is 2.44 bits per heavy atom. The Labute approximate surface area is 179 Å². The van der Waals surface area contributed by atoms with Crippen molar-refractivity contribution in [3.05, 3.63) is 65.7 Å². The SMILES string of the molecule is CCOc1ccccc1CCNC(=NC)NCC(CO)c1ccccc1.I. The number of nitrogens with one attached hydrogen (secondary N) is 2. The second-order valence-electron chi connectivity index (χ2n) is 5.96. The Bertz CT molecular complexity index is 680. The fourth-order valence-corrected chi connectivity index (χ4v) is 2.78. The van der Waals surface area contributed by atoms with E-state index in [1.165, 1.54) is 5.56 Å². The number of hydrogen-bond donors (Lipinski definition) is 3. The molecular weight excluding hydrogens is 453 g/mol. The Kier molecular flexibility index (Phi) is 11.5. The number of guanidine groups is 1. The number of halogens is 1. The molecule has 27 heavy (non-hydrogen) atoms. The Hall–Kier alpha value is -1.80. The highest BCUT2D eigenvalue weighted by molar-refractivity contribution is 14.0. The monoisotopic (exact) mass is 483 g/mol. The lowest BCUT2D eigenvalue weighted by molar-refractivity contribution is 0.265. The van der Waals surface area contributed by atoms with Crippen LogP contribution in [0.15, 0.2) is 59.6 Å². The van der Waals surface area contributed by atoms with Crippen LogP contribution in [0.3, 0.4) is 0 Å². The maximum Gasteiger partial charge on any atom is 0.191 e. The van der Waals surface area contributed by atoms with Crippen molar-refractivity contribution in [2.45, 2.75) is 19.3 Å². The minimum atomic E-state index is 0. The molecule has 0 aliphatic carbocycles. The van der Waals surface area contributed by atoms with E-state index in [1.54, 1.807) is 7.05 Å². The molecule has 0 aromatic heterocycles. The Morgan fingerprint density at radius 1 is 1.07 bits per heavy atom. The van der Waals surface area contributed by atoms with E-state index in [4.69, 9.17) is 4.74 Å². The van der Waals surface area contributed by atoms with E-state index >= 15 is 0 Å². The average molecular weight is 483 g/mol. The molecule has 0 fully saturated rings. The summed E-state index contributed by atoms with van der Waals surface area (Å²) in [5.41, 5.74) is 2.29. The van der Waals surface area contributed by atoms with E-state index in [0.29, 0.717) is 13.2 Å². The van der Waals surface area contributed by atoms with Crippen LogP contribution < -0.4 is 15.4 Å². The molecule has 1 unspecified atom stereocenters. The number of aliphatic imine (C=N–C) groups is 1. The predicted octanol–water partition coefficient (Wildman–Crippen LogP) is 3.19. The van der Waals surface area contributed by atoms with Crippen LogP contribution in [-0.4, -0.2) is 44.4 Å². The quantitative estimate of drug-likeness (QED) is 0.291. The van der Waals surface area contributed by atoms with Gasteiger partial charge < -0.3 is 20.5 Å². The van der Waals surface area contributed by atoms with Crippen molar-refractivity contribution in [3.8, 4) is 5.75 Å². The first-order chi connectivity index (χ1) is 12.8. The zero-order chi connectivity index (χ0) is 18.6. The van der Waals surface area contributed by atoms with Gasteiger partial charge in [-0.3, -0.25) is 4.99 Å². The van der Waals surface area contributed by atoms with E-state index < -0.39 is 0 Å². The van der Waals surface area contributed by atoms with Crippen LogP contribution in [0.1, 0.15) is 24.0 Å². The van der Waals surface area contributed by atoms with Gasteiger partial charge in [-0.05, 0) is 30.5 Å². The number of rotatable bonds is 9. The van der Waals surface area contributed by atoms with Crippen molar-refractivity contribution >= 4 is 29.9 Å². The molecule has 3 N–H and O–H groups in total. The maximum atomic E-state index is 9.66. The predicted molar refractivity (Wildman–Crippen MR) is 122 cm³/mol. The van der Waals surface area contributed by atoms with Crippen LogP contribution in [0.2, 0.25) is 0 Å². The number of hydrogen-bond acceptors (Lipinski definition) is 3. The van der Waals surface area contributed by atoms with E-state index in [-0.39, 0.29) is 36.5 Å². The molecule has 0 heterocycles. The van der Waals surface area contributed by atoms with Crippen molar-refractivity contribution in [1.29, 1.82) is 0 Å². The summed E-state index contributed by atoms with van der Waals surface area (Å²) in [6.45, 7) is 4.12. The first-order valence-electron chi connectivity index (χ1n) is 9.09. The molecular formula is C21H30IN3O2. The van der Waals surface area contributed by atoms with Gasteiger partial charge in [0.15, 0.2) is 5.96 Å². The minimum absolute atomic E-state index is 0. The minimum Gasteiger partial charge on any atom is -0.494 e. The molecule has 0 aliphatic heterocycles. The van der Waals surface area contributed by atoms with Gasteiger partial charge >= 0.3 is 0 Å². The number of aliphatic hydroxyl groups excluding tert-OH is 1. The molecule has 5 nitrogen and oxygen atoms in total. The van der Waals surface area contributed by atoms with Crippen molar-refractivity contribution in [2.75, 3.05) is 33.4 Å². The summed E-state index contributed by atoms with van der Waals surface area (Å²) in [5, 5.41) is 16.3. The fourth-order valence-electron chi connectivity index (χ4n) is 2.78. The molecule has 0 saturated heterocycles. The zero-order valence-corrected chi connectivity index (χ0v) is 18.4.